The Morgan fingerprint density at radius 1 is 0.909 bits per heavy atom. The molecule has 0 unspecified atom stereocenters. The van der Waals surface area contributed by atoms with Gasteiger partial charge in [-0.3, -0.25) is 4.79 Å². The lowest BCUT2D eigenvalue weighted by molar-refractivity contribution is -0.120. The van der Waals surface area contributed by atoms with Crippen LogP contribution >= 0.6 is 0 Å². The summed E-state index contributed by atoms with van der Waals surface area (Å²) < 4.78 is 13.4. The molecule has 22 heavy (non-hydrogen) atoms. The lowest BCUT2D eigenvalue weighted by Crippen LogP contribution is -2.38. The monoisotopic (exact) mass is 301 g/mol. The second-order valence-corrected chi connectivity index (χ2v) is 4.54. The van der Waals surface area contributed by atoms with E-state index in [0.717, 1.165) is 0 Å². The summed E-state index contributed by atoms with van der Waals surface area (Å²) in [4.78, 5) is 23.2. The third kappa shape index (κ3) is 4.90. The van der Waals surface area contributed by atoms with Crippen molar-refractivity contribution in [3.8, 4) is 0 Å². The number of halogens is 1. The summed E-state index contributed by atoms with van der Waals surface area (Å²) in [6.45, 7) is -0.111. The average Bonchev–Trinajstić information content (AvgIpc) is 2.53. The van der Waals surface area contributed by atoms with Crippen LogP contribution in [0, 0.1) is 5.82 Å². The summed E-state index contributed by atoms with van der Waals surface area (Å²) in [6.07, 6.45) is 0. The fraction of sp³-hybridized carbons (Fsp3) is 0.125. The van der Waals surface area contributed by atoms with Gasteiger partial charge in [0.1, 0.15) is 5.82 Å². The van der Waals surface area contributed by atoms with E-state index in [9.17, 15) is 14.0 Å². The molecule has 3 N–H and O–H groups in total. The topological polar surface area (TPSA) is 70.2 Å². The number of hydrogen-bond acceptors (Lipinski definition) is 2. The van der Waals surface area contributed by atoms with Gasteiger partial charge in [0.25, 0.3) is 0 Å². The zero-order valence-electron chi connectivity index (χ0n) is 11.8. The van der Waals surface area contributed by atoms with Crippen molar-refractivity contribution in [3.05, 3.63) is 66.0 Å². The van der Waals surface area contributed by atoms with Gasteiger partial charge >= 0.3 is 6.03 Å². The van der Waals surface area contributed by atoms with E-state index < -0.39 is 11.9 Å². The van der Waals surface area contributed by atoms with Gasteiger partial charge < -0.3 is 16.0 Å². The number of para-hydroxylation sites is 1. The molecule has 3 amide bonds. The molecule has 2 aromatic rings. The number of rotatable bonds is 5. The van der Waals surface area contributed by atoms with E-state index in [1.165, 1.54) is 6.07 Å². The maximum absolute atomic E-state index is 13.4. The summed E-state index contributed by atoms with van der Waals surface area (Å²) in [5, 5.41) is 7.55. The minimum absolute atomic E-state index is 0.0769. The predicted octanol–water partition coefficient (Wildman–Crippen LogP) is 2.26. The first-order valence-corrected chi connectivity index (χ1v) is 6.75. The summed E-state index contributed by atoms with van der Waals surface area (Å²) in [5.41, 5.74) is 1.02. The smallest absolute Gasteiger partial charge is 0.319 e. The van der Waals surface area contributed by atoms with Crippen molar-refractivity contribution in [2.45, 2.75) is 6.54 Å². The van der Waals surface area contributed by atoms with Crippen LogP contribution < -0.4 is 16.0 Å². The molecule has 0 saturated heterocycles. The van der Waals surface area contributed by atoms with Crippen molar-refractivity contribution in [2.75, 3.05) is 11.9 Å². The van der Waals surface area contributed by atoms with Gasteiger partial charge in [0.2, 0.25) is 5.91 Å². The van der Waals surface area contributed by atoms with Crippen molar-refractivity contribution in [1.29, 1.82) is 0 Å². The first kappa shape index (κ1) is 15.5. The molecule has 0 aliphatic heterocycles. The van der Waals surface area contributed by atoms with E-state index in [-0.39, 0.29) is 18.9 Å². The Bertz CT molecular complexity index is 647. The minimum Gasteiger partial charge on any atom is -0.350 e. The van der Waals surface area contributed by atoms with Crippen LogP contribution in [0.25, 0.3) is 0 Å². The van der Waals surface area contributed by atoms with Crippen LogP contribution in [-0.2, 0) is 11.3 Å². The molecule has 0 atom stereocenters. The molecule has 2 aromatic carbocycles. The standard InChI is InChI=1S/C16H16FN3O2/c17-14-9-5-4-6-12(14)10-18-15(21)11-19-16(22)20-13-7-2-1-3-8-13/h1-9H,10-11H2,(H,18,21)(H2,19,20,22). The number of hydrogen-bond donors (Lipinski definition) is 3. The summed E-state index contributed by atoms with van der Waals surface area (Å²) in [7, 11) is 0. The Balaban J connectivity index is 1.71. The van der Waals surface area contributed by atoms with Crippen molar-refractivity contribution >= 4 is 17.6 Å². The fourth-order valence-electron chi connectivity index (χ4n) is 1.76. The van der Waals surface area contributed by atoms with Gasteiger partial charge in [-0.1, -0.05) is 36.4 Å². The van der Waals surface area contributed by atoms with Gasteiger partial charge in [-0.2, -0.15) is 0 Å². The molecule has 0 heterocycles. The van der Waals surface area contributed by atoms with Gasteiger partial charge in [0.15, 0.2) is 0 Å². The first-order valence-electron chi connectivity index (χ1n) is 6.75. The van der Waals surface area contributed by atoms with Crippen LogP contribution in [-0.4, -0.2) is 18.5 Å². The maximum atomic E-state index is 13.4. The molecule has 0 bridgehead atoms. The highest BCUT2D eigenvalue weighted by Gasteiger charge is 2.06. The fourth-order valence-corrected chi connectivity index (χ4v) is 1.76. The number of nitrogens with one attached hydrogen (secondary N) is 3. The first-order chi connectivity index (χ1) is 10.6. The SMILES string of the molecule is O=C(CNC(=O)Nc1ccccc1)NCc1ccccc1F. The van der Waals surface area contributed by atoms with Crippen LogP contribution in [0.15, 0.2) is 54.6 Å². The van der Waals surface area contributed by atoms with E-state index in [1.807, 2.05) is 6.07 Å². The van der Waals surface area contributed by atoms with E-state index in [4.69, 9.17) is 0 Å². The lowest BCUT2D eigenvalue weighted by Gasteiger charge is -2.08. The number of anilines is 1. The number of benzene rings is 2. The predicted molar refractivity (Wildman–Crippen MR) is 81.7 cm³/mol. The average molecular weight is 301 g/mol. The molecule has 0 aliphatic carbocycles. The maximum Gasteiger partial charge on any atom is 0.319 e. The second-order valence-electron chi connectivity index (χ2n) is 4.54. The quantitative estimate of drug-likeness (QED) is 0.793. The molecule has 0 saturated carbocycles. The molecule has 6 heteroatoms. The van der Waals surface area contributed by atoms with Crippen LogP contribution in [0.2, 0.25) is 0 Å². The third-order valence-corrected chi connectivity index (χ3v) is 2.88. The molecule has 5 nitrogen and oxygen atoms in total. The Kier molecular flexibility index (Phi) is 5.48. The van der Waals surface area contributed by atoms with Gasteiger partial charge in [0.05, 0.1) is 6.54 Å². The Morgan fingerprint density at radius 2 is 1.59 bits per heavy atom. The van der Waals surface area contributed by atoms with Crippen molar-refractivity contribution in [2.24, 2.45) is 0 Å². The molecule has 0 fully saturated rings. The highest BCUT2D eigenvalue weighted by molar-refractivity contribution is 5.92. The third-order valence-electron chi connectivity index (χ3n) is 2.88. The number of carbonyl (C=O) groups is 2. The Morgan fingerprint density at radius 3 is 2.32 bits per heavy atom. The van der Waals surface area contributed by atoms with Gasteiger partial charge in [-0.25, -0.2) is 9.18 Å². The number of urea groups is 1. The normalized spacial score (nSPS) is 9.86. The van der Waals surface area contributed by atoms with Crippen LogP contribution in [0.3, 0.4) is 0 Å². The van der Waals surface area contributed by atoms with E-state index >= 15 is 0 Å². The summed E-state index contributed by atoms with van der Waals surface area (Å²) in [6, 6.07) is 14.6. The minimum atomic E-state index is -0.479. The van der Waals surface area contributed by atoms with Gasteiger partial charge in [-0.05, 0) is 18.2 Å². The van der Waals surface area contributed by atoms with E-state index in [0.29, 0.717) is 11.3 Å². The van der Waals surface area contributed by atoms with Crippen molar-refractivity contribution < 1.29 is 14.0 Å². The Hall–Kier alpha value is -2.89. The molecular weight excluding hydrogens is 285 g/mol. The molecule has 0 radical (unpaired) electrons. The van der Waals surface area contributed by atoms with Crippen LogP contribution in [0.5, 0.6) is 0 Å². The molecule has 0 spiro atoms. The Labute approximate surface area is 127 Å². The van der Waals surface area contributed by atoms with E-state index in [1.54, 1.807) is 42.5 Å². The van der Waals surface area contributed by atoms with E-state index in [2.05, 4.69) is 16.0 Å². The molecule has 2 rings (SSSR count). The highest BCUT2D eigenvalue weighted by atomic mass is 19.1. The highest BCUT2D eigenvalue weighted by Crippen LogP contribution is 2.05. The molecule has 0 aromatic heterocycles. The zero-order valence-corrected chi connectivity index (χ0v) is 11.8. The molecule has 0 aliphatic rings. The van der Waals surface area contributed by atoms with Crippen LogP contribution in [0.1, 0.15) is 5.56 Å². The van der Waals surface area contributed by atoms with Gasteiger partial charge in [0, 0.05) is 17.8 Å². The number of amides is 3. The summed E-state index contributed by atoms with van der Waals surface area (Å²) in [5.74, 6) is -0.774. The second kappa shape index (κ2) is 7.78. The summed E-state index contributed by atoms with van der Waals surface area (Å²) >= 11 is 0. The van der Waals surface area contributed by atoms with Crippen LogP contribution in [0.4, 0.5) is 14.9 Å². The zero-order chi connectivity index (χ0) is 15.8. The van der Waals surface area contributed by atoms with Crippen molar-refractivity contribution in [1.82, 2.24) is 10.6 Å². The molecule has 114 valence electrons. The van der Waals surface area contributed by atoms with Crippen molar-refractivity contribution in [3.63, 3.8) is 0 Å². The largest absolute Gasteiger partial charge is 0.350 e. The van der Waals surface area contributed by atoms with Gasteiger partial charge in [-0.15, -0.1) is 0 Å². The molecular formula is C16H16FN3O2. The number of carbonyl (C=O) groups excluding carboxylic acids is 2. The lowest BCUT2D eigenvalue weighted by atomic mass is 10.2.